The summed E-state index contributed by atoms with van der Waals surface area (Å²) in [5, 5.41) is 12.6. The second-order valence-corrected chi connectivity index (χ2v) is 9.13. The van der Waals surface area contributed by atoms with Crippen molar-refractivity contribution in [3.63, 3.8) is 0 Å². The third-order valence-corrected chi connectivity index (χ3v) is 6.77. The Morgan fingerprint density at radius 3 is 2.63 bits per heavy atom. The molecule has 0 spiro atoms. The molecule has 0 N–H and O–H groups in total. The van der Waals surface area contributed by atoms with Gasteiger partial charge in [-0.05, 0) is 31.6 Å². The van der Waals surface area contributed by atoms with Gasteiger partial charge in [0.15, 0.2) is 11.6 Å². The number of nitrogens with zero attached hydrogens (tertiary/aromatic N) is 6. The van der Waals surface area contributed by atoms with Crippen LogP contribution in [0.1, 0.15) is 37.5 Å². The normalized spacial score (nSPS) is 18.4. The van der Waals surface area contributed by atoms with Gasteiger partial charge in [0.25, 0.3) is 5.89 Å². The molecule has 11 heteroatoms. The van der Waals surface area contributed by atoms with Gasteiger partial charge in [-0.3, -0.25) is 13.8 Å². The fourth-order valence-electron chi connectivity index (χ4n) is 4.82. The Hall–Kier alpha value is -3.47. The fourth-order valence-corrected chi connectivity index (χ4v) is 4.82. The average molecular weight is 485 g/mol. The lowest BCUT2D eigenvalue weighted by Crippen LogP contribution is -2.27. The first-order valence-corrected chi connectivity index (χ1v) is 11.8. The summed E-state index contributed by atoms with van der Waals surface area (Å²) in [4.78, 5) is 13.0. The van der Waals surface area contributed by atoms with Crippen LogP contribution in [-0.2, 0) is 25.4 Å². The number of hydrogen-bond acceptors (Lipinski definition) is 7. The number of imidazole rings is 1. The van der Waals surface area contributed by atoms with Gasteiger partial charge in [-0.15, -0.1) is 10.2 Å². The van der Waals surface area contributed by atoms with E-state index in [2.05, 4.69) is 15.3 Å². The first-order chi connectivity index (χ1) is 16.9. The van der Waals surface area contributed by atoms with E-state index in [0.717, 1.165) is 31.2 Å². The maximum absolute atomic E-state index is 14.5. The number of rotatable bonds is 8. The highest BCUT2D eigenvalue weighted by atomic mass is 19.1. The topological polar surface area (TPSA) is 102 Å². The third-order valence-electron chi connectivity index (χ3n) is 6.77. The molecule has 0 amide bonds. The van der Waals surface area contributed by atoms with Gasteiger partial charge < -0.3 is 13.9 Å². The van der Waals surface area contributed by atoms with Gasteiger partial charge in [0.05, 0.1) is 29.4 Å². The van der Waals surface area contributed by atoms with Gasteiger partial charge in [-0.25, -0.2) is 9.18 Å². The van der Waals surface area contributed by atoms with Crippen molar-refractivity contribution in [2.24, 2.45) is 20.0 Å². The van der Waals surface area contributed by atoms with Crippen LogP contribution in [-0.4, -0.2) is 49.4 Å². The summed E-state index contributed by atoms with van der Waals surface area (Å²) in [7, 11) is 5.07. The van der Waals surface area contributed by atoms with E-state index >= 15 is 0 Å². The standard InChI is InChI=1S/C24H29FN6O4/c1-29-14-17(12-26-29)23-28-27-22(35-23)16-6-4-15(5-7-16)13-31-20-11-21(34-9-8-33-3)18(25)10-19(20)30(2)24(31)32/h10-12,14-16H,4-9,13H2,1-3H3. The lowest BCUT2D eigenvalue weighted by atomic mass is 9.82. The molecule has 186 valence electrons. The Labute approximate surface area is 201 Å². The van der Waals surface area contributed by atoms with Crippen molar-refractivity contribution in [3.05, 3.63) is 46.7 Å². The van der Waals surface area contributed by atoms with Gasteiger partial charge >= 0.3 is 5.69 Å². The van der Waals surface area contributed by atoms with E-state index < -0.39 is 5.82 Å². The average Bonchev–Trinajstić information content (AvgIpc) is 3.56. The summed E-state index contributed by atoms with van der Waals surface area (Å²) in [6, 6.07) is 2.98. The van der Waals surface area contributed by atoms with Crippen LogP contribution in [0.25, 0.3) is 22.5 Å². The lowest BCUT2D eigenvalue weighted by Gasteiger charge is -2.26. The highest BCUT2D eigenvalue weighted by Crippen LogP contribution is 2.37. The van der Waals surface area contributed by atoms with Crippen LogP contribution in [0.2, 0.25) is 0 Å². The van der Waals surface area contributed by atoms with Gasteiger partial charge in [-0.2, -0.15) is 5.10 Å². The fraction of sp³-hybridized carbons (Fsp3) is 0.500. The van der Waals surface area contributed by atoms with E-state index in [9.17, 15) is 9.18 Å². The van der Waals surface area contributed by atoms with Crippen LogP contribution in [0.4, 0.5) is 4.39 Å². The number of ether oxygens (including phenoxy) is 2. The Morgan fingerprint density at radius 2 is 1.91 bits per heavy atom. The summed E-state index contributed by atoms with van der Waals surface area (Å²) >= 11 is 0. The van der Waals surface area contributed by atoms with E-state index in [4.69, 9.17) is 13.9 Å². The minimum absolute atomic E-state index is 0.124. The third kappa shape index (κ3) is 4.60. The van der Waals surface area contributed by atoms with Crippen molar-refractivity contribution in [2.75, 3.05) is 20.3 Å². The number of aryl methyl sites for hydroxylation is 2. The molecule has 0 saturated heterocycles. The van der Waals surface area contributed by atoms with Crippen LogP contribution >= 0.6 is 0 Å². The Balaban J connectivity index is 1.29. The monoisotopic (exact) mass is 484 g/mol. The molecule has 10 nitrogen and oxygen atoms in total. The molecule has 5 rings (SSSR count). The molecule has 1 aromatic carbocycles. The van der Waals surface area contributed by atoms with E-state index in [1.165, 1.54) is 10.6 Å². The number of halogens is 1. The largest absolute Gasteiger partial charge is 0.488 e. The Bertz CT molecular complexity index is 1380. The number of hydrogen-bond donors (Lipinski definition) is 0. The second kappa shape index (κ2) is 9.65. The molecule has 1 aliphatic rings. The van der Waals surface area contributed by atoms with Crippen LogP contribution in [0.5, 0.6) is 5.75 Å². The first-order valence-electron chi connectivity index (χ1n) is 11.8. The van der Waals surface area contributed by atoms with Crippen molar-refractivity contribution in [2.45, 2.75) is 38.1 Å². The van der Waals surface area contributed by atoms with Crippen molar-refractivity contribution in [1.29, 1.82) is 0 Å². The minimum atomic E-state index is -0.493. The summed E-state index contributed by atoms with van der Waals surface area (Å²) in [5.74, 6) is 1.28. The van der Waals surface area contributed by atoms with Crippen molar-refractivity contribution >= 4 is 11.0 Å². The summed E-state index contributed by atoms with van der Waals surface area (Å²) in [5.41, 5.74) is 1.87. The van der Waals surface area contributed by atoms with E-state index in [1.54, 1.807) is 35.7 Å². The zero-order valence-electron chi connectivity index (χ0n) is 20.1. The zero-order chi connectivity index (χ0) is 24.5. The number of benzene rings is 1. The quantitative estimate of drug-likeness (QED) is 0.354. The van der Waals surface area contributed by atoms with Gasteiger partial charge in [0.1, 0.15) is 6.61 Å². The second-order valence-electron chi connectivity index (χ2n) is 9.13. The number of methoxy groups -OCH3 is 1. The van der Waals surface area contributed by atoms with Gasteiger partial charge in [0, 0.05) is 52.0 Å². The SMILES string of the molecule is COCCOc1cc2c(cc1F)n(C)c(=O)n2CC1CCC(c2nnc(-c3cnn(C)c3)o2)CC1. The predicted molar refractivity (Wildman–Crippen MR) is 126 cm³/mol. The summed E-state index contributed by atoms with van der Waals surface area (Å²) < 4.78 is 35.9. The van der Waals surface area contributed by atoms with Crippen LogP contribution in [0.15, 0.2) is 33.7 Å². The van der Waals surface area contributed by atoms with Crippen LogP contribution in [0, 0.1) is 11.7 Å². The smallest absolute Gasteiger partial charge is 0.328 e. The molecular weight excluding hydrogens is 455 g/mol. The van der Waals surface area contributed by atoms with E-state index in [1.807, 2.05) is 13.2 Å². The Kier molecular flexibility index (Phi) is 6.42. The summed E-state index contributed by atoms with van der Waals surface area (Å²) in [6.07, 6.45) is 7.21. The molecule has 0 bridgehead atoms. The molecule has 3 aromatic heterocycles. The predicted octanol–water partition coefficient (Wildman–Crippen LogP) is 3.26. The molecule has 3 heterocycles. The van der Waals surface area contributed by atoms with Crippen molar-refractivity contribution < 1.29 is 18.3 Å². The highest BCUT2D eigenvalue weighted by Gasteiger charge is 2.28. The highest BCUT2D eigenvalue weighted by molar-refractivity contribution is 5.78. The maximum Gasteiger partial charge on any atom is 0.328 e. The number of aromatic nitrogens is 6. The molecular formula is C24H29FN6O4. The molecule has 0 atom stereocenters. The molecule has 35 heavy (non-hydrogen) atoms. The van der Waals surface area contributed by atoms with E-state index in [-0.39, 0.29) is 24.0 Å². The molecule has 1 fully saturated rings. The molecule has 0 radical (unpaired) electrons. The minimum Gasteiger partial charge on any atom is -0.488 e. The molecule has 0 aliphatic heterocycles. The van der Waals surface area contributed by atoms with Crippen molar-refractivity contribution in [3.8, 4) is 17.2 Å². The van der Waals surface area contributed by atoms with Crippen LogP contribution < -0.4 is 10.4 Å². The number of fused-ring (bicyclic) bond motifs is 1. The van der Waals surface area contributed by atoms with Gasteiger partial charge in [-0.1, -0.05) is 0 Å². The molecule has 1 saturated carbocycles. The Morgan fingerprint density at radius 1 is 1.11 bits per heavy atom. The van der Waals surface area contributed by atoms with Crippen LogP contribution in [0.3, 0.4) is 0 Å². The first kappa shape index (κ1) is 23.3. The summed E-state index contributed by atoms with van der Waals surface area (Å²) in [6.45, 7) is 1.15. The molecule has 4 aromatic rings. The van der Waals surface area contributed by atoms with Crippen molar-refractivity contribution in [1.82, 2.24) is 29.1 Å². The molecule has 0 unspecified atom stereocenters. The molecule has 1 aliphatic carbocycles. The lowest BCUT2D eigenvalue weighted by molar-refractivity contribution is 0.144. The van der Waals surface area contributed by atoms with Gasteiger partial charge in [0.2, 0.25) is 5.89 Å². The van der Waals surface area contributed by atoms with E-state index in [0.29, 0.717) is 41.9 Å². The maximum atomic E-state index is 14.5. The zero-order valence-corrected chi connectivity index (χ0v) is 20.1.